The molecule has 2 rings (SSSR count). The molecule has 2 N–H and O–H groups in total. The molecule has 0 aliphatic carbocycles. The minimum Gasteiger partial charge on any atom is -0.324 e. The van der Waals surface area contributed by atoms with Crippen molar-refractivity contribution >= 4 is 0 Å². The van der Waals surface area contributed by atoms with Crippen LogP contribution in [0.4, 0.5) is 0 Å². The van der Waals surface area contributed by atoms with Crippen molar-refractivity contribution in [1.82, 2.24) is 9.78 Å². The number of benzene rings is 1. The fraction of sp³-hybridized carbons (Fsp3) is 0.438. The number of hydrogen-bond acceptors (Lipinski definition) is 2. The summed E-state index contributed by atoms with van der Waals surface area (Å²) in [6, 6.07) is 12.6. The van der Waals surface area contributed by atoms with Crippen molar-refractivity contribution in [1.29, 1.82) is 0 Å². The van der Waals surface area contributed by atoms with Gasteiger partial charge in [-0.25, -0.2) is 0 Å². The van der Waals surface area contributed by atoms with E-state index in [0.29, 0.717) is 0 Å². The molecule has 0 saturated heterocycles. The number of aromatic nitrogens is 2. The summed E-state index contributed by atoms with van der Waals surface area (Å²) in [6.07, 6.45) is 2.70. The molecule has 3 heteroatoms. The summed E-state index contributed by atoms with van der Waals surface area (Å²) >= 11 is 0. The Morgan fingerprint density at radius 1 is 1.21 bits per heavy atom. The molecule has 3 nitrogen and oxygen atoms in total. The molecular formula is C16H23N3. The summed E-state index contributed by atoms with van der Waals surface area (Å²) in [5, 5.41) is 4.40. The Morgan fingerprint density at radius 2 is 1.89 bits per heavy atom. The molecule has 19 heavy (non-hydrogen) atoms. The van der Waals surface area contributed by atoms with Crippen LogP contribution in [0, 0.1) is 6.92 Å². The third-order valence-corrected chi connectivity index (χ3v) is 3.74. The first-order chi connectivity index (χ1) is 9.02. The Labute approximate surface area is 115 Å². The Hall–Kier alpha value is -1.61. The predicted octanol–water partition coefficient (Wildman–Crippen LogP) is 2.62. The summed E-state index contributed by atoms with van der Waals surface area (Å²) < 4.78 is 1.94. The number of nitrogens with two attached hydrogens (primary N) is 1. The van der Waals surface area contributed by atoms with Gasteiger partial charge in [0.2, 0.25) is 0 Å². The van der Waals surface area contributed by atoms with Crippen LogP contribution in [-0.4, -0.2) is 15.3 Å². The van der Waals surface area contributed by atoms with Gasteiger partial charge in [0.25, 0.3) is 0 Å². The first-order valence-corrected chi connectivity index (χ1v) is 6.85. The van der Waals surface area contributed by atoms with E-state index in [1.807, 2.05) is 24.7 Å². The number of rotatable bonds is 5. The van der Waals surface area contributed by atoms with Crippen molar-refractivity contribution in [2.24, 2.45) is 12.8 Å². The first kappa shape index (κ1) is 13.8. The van der Waals surface area contributed by atoms with E-state index in [9.17, 15) is 0 Å². The van der Waals surface area contributed by atoms with Crippen LogP contribution in [0.15, 0.2) is 36.4 Å². The van der Waals surface area contributed by atoms with Gasteiger partial charge in [0, 0.05) is 24.7 Å². The SMILES string of the molecule is CCC(N)(Cc1ccccc1)Cc1cc(C)nn1C. The van der Waals surface area contributed by atoms with Crippen molar-refractivity contribution in [2.75, 3.05) is 0 Å². The van der Waals surface area contributed by atoms with Gasteiger partial charge in [-0.05, 0) is 31.4 Å². The van der Waals surface area contributed by atoms with Crippen LogP contribution in [0.5, 0.6) is 0 Å². The zero-order chi connectivity index (χ0) is 13.9. The highest BCUT2D eigenvalue weighted by Crippen LogP contribution is 2.20. The van der Waals surface area contributed by atoms with E-state index in [1.54, 1.807) is 0 Å². The first-order valence-electron chi connectivity index (χ1n) is 6.85. The number of aryl methyl sites for hydroxylation is 2. The molecule has 1 aromatic heterocycles. The van der Waals surface area contributed by atoms with E-state index in [2.05, 4.69) is 42.4 Å². The third-order valence-electron chi connectivity index (χ3n) is 3.74. The maximum atomic E-state index is 6.60. The zero-order valence-electron chi connectivity index (χ0n) is 12.1. The van der Waals surface area contributed by atoms with Crippen LogP contribution in [0.2, 0.25) is 0 Å². The average Bonchev–Trinajstić information content (AvgIpc) is 2.69. The summed E-state index contributed by atoms with van der Waals surface area (Å²) in [4.78, 5) is 0. The Balaban J connectivity index is 2.16. The molecule has 0 bridgehead atoms. The Morgan fingerprint density at radius 3 is 2.42 bits per heavy atom. The number of hydrogen-bond donors (Lipinski definition) is 1. The predicted molar refractivity (Wildman–Crippen MR) is 79.0 cm³/mol. The molecule has 0 saturated carbocycles. The lowest BCUT2D eigenvalue weighted by Gasteiger charge is -2.28. The summed E-state index contributed by atoms with van der Waals surface area (Å²) in [6.45, 7) is 4.18. The van der Waals surface area contributed by atoms with Crippen molar-refractivity contribution in [3.63, 3.8) is 0 Å². The highest BCUT2D eigenvalue weighted by molar-refractivity contribution is 5.20. The molecule has 1 heterocycles. The molecule has 0 radical (unpaired) electrons. The highest BCUT2D eigenvalue weighted by atomic mass is 15.3. The van der Waals surface area contributed by atoms with Gasteiger partial charge in [0.15, 0.2) is 0 Å². The van der Waals surface area contributed by atoms with Gasteiger partial charge in [-0.1, -0.05) is 37.3 Å². The van der Waals surface area contributed by atoms with E-state index in [4.69, 9.17) is 5.73 Å². The standard InChI is InChI=1S/C16H23N3/c1-4-16(17,11-14-8-6-5-7-9-14)12-15-10-13(2)18-19(15)3/h5-10H,4,11-12,17H2,1-3H3. The monoisotopic (exact) mass is 257 g/mol. The second-order valence-corrected chi connectivity index (χ2v) is 5.46. The molecule has 102 valence electrons. The maximum absolute atomic E-state index is 6.60. The summed E-state index contributed by atoms with van der Waals surface area (Å²) in [7, 11) is 1.99. The Kier molecular flexibility index (Phi) is 4.05. The van der Waals surface area contributed by atoms with Crippen LogP contribution in [0.1, 0.15) is 30.3 Å². The molecule has 1 aromatic carbocycles. The van der Waals surface area contributed by atoms with E-state index in [-0.39, 0.29) is 5.54 Å². The lowest BCUT2D eigenvalue weighted by Crippen LogP contribution is -2.44. The van der Waals surface area contributed by atoms with Gasteiger partial charge in [0.05, 0.1) is 5.69 Å². The van der Waals surface area contributed by atoms with E-state index in [0.717, 1.165) is 25.0 Å². The largest absolute Gasteiger partial charge is 0.324 e. The van der Waals surface area contributed by atoms with Gasteiger partial charge >= 0.3 is 0 Å². The molecular weight excluding hydrogens is 234 g/mol. The molecule has 0 fully saturated rings. The van der Waals surface area contributed by atoms with Gasteiger partial charge < -0.3 is 5.73 Å². The second-order valence-electron chi connectivity index (χ2n) is 5.46. The van der Waals surface area contributed by atoms with Crippen molar-refractivity contribution in [3.05, 3.63) is 53.3 Å². The average molecular weight is 257 g/mol. The van der Waals surface area contributed by atoms with Crippen LogP contribution in [0.3, 0.4) is 0 Å². The molecule has 0 spiro atoms. The highest BCUT2D eigenvalue weighted by Gasteiger charge is 2.25. The van der Waals surface area contributed by atoms with Crippen LogP contribution in [0.25, 0.3) is 0 Å². The molecule has 1 unspecified atom stereocenters. The third kappa shape index (κ3) is 3.44. The van der Waals surface area contributed by atoms with Crippen molar-refractivity contribution in [3.8, 4) is 0 Å². The van der Waals surface area contributed by atoms with Gasteiger partial charge in [0.1, 0.15) is 0 Å². The van der Waals surface area contributed by atoms with Crippen LogP contribution >= 0.6 is 0 Å². The molecule has 2 aromatic rings. The minimum absolute atomic E-state index is 0.207. The molecule has 0 amide bonds. The van der Waals surface area contributed by atoms with Crippen molar-refractivity contribution in [2.45, 2.75) is 38.6 Å². The van der Waals surface area contributed by atoms with E-state index < -0.39 is 0 Å². The summed E-state index contributed by atoms with van der Waals surface area (Å²) in [5.41, 5.74) is 9.95. The minimum atomic E-state index is -0.207. The van der Waals surface area contributed by atoms with Crippen molar-refractivity contribution < 1.29 is 0 Å². The lowest BCUT2D eigenvalue weighted by molar-refractivity contribution is 0.393. The van der Waals surface area contributed by atoms with E-state index in [1.165, 1.54) is 11.3 Å². The van der Waals surface area contributed by atoms with Gasteiger partial charge in [-0.15, -0.1) is 0 Å². The lowest BCUT2D eigenvalue weighted by atomic mass is 9.85. The normalized spacial score (nSPS) is 14.3. The second kappa shape index (κ2) is 5.57. The fourth-order valence-corrected chi connectivity index (χ4v) is 2.51. The molecule has 0 aliphatic heterocycles. The van der Waals surface area contributed by atoms with Gasteiger partial charge in [-0.2, -0.15) is 5.10 Å². The quantitative estimate of drug-likeness (QED) is 0.895. The summed E-state index contributed by atoms with van der Waals surface area (Å²) in [5.74, 6) is 0. The zero-order valence-corrected chi connectivity index (χ0v) is 12.1. The maximum Gasteiger partial charge on any atom is 0.0596 e. The van der Waals surface area contributed by atoms with Crippen LogP contribution in [-0.2, 0) is 19.9 Å². The van der Waals surface area contributed by atoms with E-state index >= 15 is 0 Å². The smallest absolute Gasteiger partial charge is 0.0596 e. The number of nitrogens with zero attached hydrogens (tertiary/aromatic N) is 2. The Bertz CT molecular complexity index is 530. The van der Waals surface area contributed by atoms with Gasteiger partial charge in [-0.3, -0.25) is 4.68 Å². The molecule has 0 aliphatic rings. The molecule has 1 atom stereocenters. The fourth-order valence-electron chi connectivity index (χ4n) is 2.51. The topological polar surface area (TPSA) is 43.8 Å². The van der Waals surface area contributed by atoms with Crippen LogP contribution < -0.4 is 5.73 Å².